The first-order chi connectivity index (χ1) is 12.4. The Labute approximate surface area is 162 Å². The van der Waals surface area contributed by atoms with E-state index in [0.29, 0.717) is 28.7 Å². The Morgan fingerprint density at radius 3 is 2.23 bits per heavy atom. The Hall–Kier alpha value is -2.24. The zero-order valence-electron chi connectivity index (χ0n) is 14.6. The largest absolute Gasteiger partial charge is 0.497 e. The van der Waals surface area contributed by atoms with E-state index in [2.05, 4.69) is 5.32 Å². The van der Waals surface area contributed by atoms with Crippen molar-refractivity contribution in [1.82, 2.24) is 4.90 Å². The van der Waals surface area contributed by atoms with Crippen molar-refractivity contribution in [2.45, 2.75) is 13.3 Å². The van der Waals surface area contributed by atoms with Crippen molar-refractivity contribution in [2.24, 2.45) is 0 Å². The van der Waals surface area contributed by atoms with Crippen molar-refractivity contribution in [3.8, 4) is 5.75 Å². The van der Waals surface area contributed by atoms with Crippen LogP contribution >= 0.6 is 23.2 Å². The maximum absolute atomic E-state index is 12.3. The van der Waals surface area contributed by atoms with E-state index < -0.39 is 0 Å². The molecule has 0 saturated carbocycles. The Morgan fingerprint density at radius 1 is 1.08 bits per heavy atom. The molecular formula is C19H20Cl2N2O3. The molecule has 138 valence electrons. The van der Waals surface area contributed by atoms with Crippen LogP contribution in [0.1, 0.15) is 12.5 Å². The number of carbonyl (C=O) groups excluding carboxylic acids is 2. The lowest BCUT2D eigenvalue weighted by Crippen LogP contribution is -2.38. The third-order valence-corrected chi connectivity index (χ3v) is 4.47. The van der Waals surface area contributed by atoms with Gasteiger partial charge >= 0.3 is 0 Å². The minimum atomic E-state index is -0.357. The first-order valence-electron chi connectivity index (χ1n) is 8.03. The molecule has 0 bridgehead atoms. The summed E-state index contributed by atoms with van der Waals surface area (Å²) in [5.74, 6) is 0.233. The maximum atomic E-state index is 12.3. The minimum absolute atomic E-state index is 0.0763. The highest BCUT2D eigenvalue weighted by molar-refractivity contribution is 6.39. The van der Waals surface area contributed by atoms with Gasteiger partial charge < -0.3 is 15.0 Å². The molecule has 2 aromatic rings. The van der Waals surface area contributed by atoms with Gasteiger partial charge in [0.15, 0.2) is 0 Å². The predicted molar refractivity (Wildman–Crippen MR) is 104 cm³/mol. The predicted octanol–water partition coefficient (Wildman–Crippen LogP) is 4.03. The van der Waals surface area contributed by atoms with Crippen LogP contribution in [0.15, 0.2) is 42.5 Å². The van der Waals surface area contributed by atoms with Crippen LogP contribution in [0.2, 0.25) is 10.0 Å². The van der Waals surface area contributed by atoms with E-state index in [1.807, 2.05) is 24.3 Å². The number of rotatable bonds is 7. The normalized spacial score (nSPS) is 10.3. The first kappa shape index (κ1) is 20.1. The monoisotopic (exact) mass is 394 g/mol. The standard InChI is InChI=1S/C19H20Cl2N2O3/c1-13(24)23(11-10-14-6-8-15(26-2)9-7-14)12-18(25)22-19-16(20)4-3-5-17(19)21/h3-9H,10-12H2,1-2H3,(H,22,25). The molecule has 0 aromatic heterocycles. The molecule has 0 unspecified atom stereocenters. The second-order valence-electron chi connectivity index (χ2n) is 5.68. The van der Waals surface area contributed by atoms with Crippen LogP contribution in [0.4, 0.5) is 5.69 Å². The van der Waals surface area contributed by atoms with Crippen LogP contribution in [-0.4, -0.2) is 36.9 Å². The fourth-order valence-electron chi connectivity index (χ4n) is 2.37. The van der Waals surface area contributed by atoms with Gasteiger partial charge in [0.1, 0.15) is 5.75 Å². The van der Waals surface area contributed by atoms with Crippen LogP contribution in [0, 0.1) is 0 Å². The number of halogens is 2. The summed E-state index contributed by atoms with van der Waals surface area (Å²) >= 11 is 12.1. The lowest BCUT2D eigenvalue weighted by atomic mass is 10.1. The van der Waals surface area contributed by atoms with Crippen LogP contribution in [0.25, 0.3) is 0 Å². The Morgan fingerprint density at radius 2 is 1.69 bits per heavy atom. The number of para-hydroxylation sites is 1. The summed E-state index contributed by atoms with van der Waals surface area (Å²) in [4.78, 5) is 25.6. The van der Waals surface area contributed by atoms with Gasteiger partial charge in [0, 0.05) is 13.5 Å². The van der Waals surface area contributed by atoms with Crippen LogP contribution in [0.3, 0.4) is 0 Å². The number of nitrogens with zero attached hydrogens (tertiary/aromatic N) is 1. The summed E-state index contributed by atoms with van der Waals surface area (Å²) in [6, 6.07) is 12.5. The van der Waals surface area contributed by atoms with Gasteiger partial charge in [0.05, 0.1) is 29.4 Å². The molecule has 0 fully saturated rings. The van der Waals surface area contributed by atoms with Gasteiger partial charge in [-0.3, -0.25) is 9.59 Å². The molecule has 0 atom stereocenters. The molecule has 1 N–H and O–H groups in total. The third-order valence-electron chi connectivity index (χ3n) is 3.84. The molecule has 0 saturated heterocycles. The Bertz CT molecular complexity index is 759. The number of carbonyl (C=O) groups is 2. The van der Waals surface area contributed by atoms with Crippen LogP contribution in [0.5, 0.6) is 5.75 Å². The molecule has 26 heavy (non-hydrogen) atoms. The average molecular weight is 395 g/mol. The van der Waals surface area contributed by atoms with E-state index in [1.54, 1.807) is 25.3 Å². The highest BCUT2D eigenvalue weighted by Gasteiger charge is 2.16. The molecule has 5 nitrogen and oxygen atoms in total. The molecular weight excluding hydrogens is 375 g/mol. The van der Waals surface area contributed by atoms with Gasteiger partial charge in [-0.2, -0.15) is 0 Å². The summed E-state index contributed by atoms with van der Waals surface area (Å²) in [7, 11) is 1.61. The number of methoxy groups -OCH3 is 1. The topological polar surface area (TPSA) is 58.6 Å². The van der Waals surface area contributed by atoms with E-state index in [9.17, 15) is 9.59 Å². The number of amides is 2. The van der Waals surface area contributed by atoms with E-state index in [1.165, 1.54) is 11.8 Å². The van der Waals surface area contributed by atoms with Crippen LogP contribution < -0.4 is 10.1 Å². The number of hydrogen-bond donors (Lipinski definition) is 1. The molecule has 7 heteroatoms. The zero-order valence-corrected chi connectivity index (χ0v) is 16.1. The van der Waals surface area contributed by atoms with Gasteiger partial charge in [-0.1, -0.05) is 41.4 Å². The summed E-state index contributed by atoms with van der Waals surface area (Å²) in [5, 5.41) is 3.36. The molecule has 0 radical (unpaired) electrons. The van der Waals surface area contributed by atoms with Gasteiger partial charge in [0.25, 0.3) is 0 Å². The summed E-state index contributed by atoms with van der Waals surface area (Å²) in [6.45, 7) is 1.78. The van der Waals surface area contributed by atoms with Gasteiger partial charge in [0.2, 0.25) is 11.8 Å². The fourth-order valence-corrected chi connectivity index (χ4v) is 2.87. The Balaban J connectivity index is 1.96. The second kappa shape index (κ2) is 9.46. The number of benzene rings is 2. The zero-order chi connectivity index (χ0) is 19.1. The van der Waals surface area contributed by atoms with E-state index in [4.69, 9.17) is 27.9 Å². The molecule has 2 amide bonds. The number of hydrogen-bond acceptors (Lipinski definition) is 3. The van der Waals surface area contributed by atoms with E-state index in [-0.39, 0.29) is 18.4 Å². The van der Waals surface area contributed by atoms with E-state index in [0.717, 1.165) is 11.3 Å². The highest BCUT2D eigenvalue weighted by atomic mass is 35.5. The second-order valence-corrected chi connectivity index (χ2v) is 6.50. The first-order valence-corrected chi connectivity index (χ1v) is 8.78. The van der Waals surface area contributed by atoms with E-state index >= 15 is 0 Å². The number of ether oxygens (including phenoxy) is 1. The molecule has 0 aliphatic heterocycles. The minimum Gasteiger partial charge on any atom is -0.497 e. The summed E-state index contributed by atoms with van der Waals surface area (Å²) in [6.07, 6.45) is 0.629. The molecule has 0 heterocycles. The molecule has 0 aliphatic rings. The number of anilines is 1. The smallest absolute Gasteiger partial charge is 0.244 e. The average Bonchev–Trinajstić information content (AvgIpc) is 2.62. The lowest BCUT2D eigenvalue weighted by molar-refractivity contribution is -0.132. The molecule has 2 rings (SSSR count). The summed E-state index contributed by atoms with van der Waals surface area (Å²) in [5.41, 5.74) is 1.39. The maximum Gasteiger partial charge on any atom is 0.244 e. The number of nitrogens with one attached hydrogen (secondary N) is 1. The molecule has 0 spiro atoms. The van der Waals surface area contributed by atoms with Crippen molar-refractivity contribution in [3.63, 3.8) is 0 Å². The molecule has 2 aromatic carbocycles. The van der Waals surface area contributed by atoms with Crippen molar-refractivity contribution in [1.29, 1.82) is 0 Å². The van der Waals surface area contributed by atoms with Gasteiger partial charge in [-0.15, -0.1) is 0 Å². The lowest BCUT2D eigenvalue weighted by Gasteiger charge is -2.21. The van der Waals surface area contributed by atoms with Crippen molar-refractivity contribution >= 4 is 40.7 Å². The summed E-state index contributed by atoms with van der Waals surface area (Å²) < 4.78 is 5.12. The quantitative estimate of drug-likeness (QED) is 0.770. The Kier molecular flexibility index (Phi) is 7.30. The van der Waals surface area contributed by atoms with Gasteiger partial charge in [-0.05, 0) is 36.2 Å². The third kappa shape index (κ3) is 5.64. The van der Waals surface area contributed by atoms with Crippen LogP contribution in [-0.2, 0) is 16.0 Å². The SMILES string of the molecule is COc1ccc(CCN(CC(=O)Nc2c(Cl)cccc2Cl)C(C)=O)cc1. The van der Waals surface area contributed by atoms with Crippen molar-refractivity contribution in [3.05, 3.63) is 58.1 Å². The highest BCUT2D eigenvalue weighted by Crippen LogP contribution is 2.29. The van der Waals surface area contributed by atoms with Crippen molar-refractivity contribution in [2.75, 3.05) is 25.5 Å². The molecule has 0 aliphatic carbocycles. The van der Waals surface area contributed by atoms with Crippen molar-refractivity contribution < 1.29 is 14.3 Å². The fraction of sp³-hybridized carbons (Fsp3) is 0.263. The van der Waals surface area contributed by atoms with Gasteiger partial charge in [-0.25, -0.2) is 0 Å².